The van der Waals surface area contributed by atoms with Gasteiger partial charge in [-0.15, -0.1) is 0 Å². The van der Waals surface area contributed by atoms with Crippen LogP contribution in [-0.2, 0) is 6.42 Å². The van der Waals surface area contributed by atoms with Crippen LogP contribution in [0.2, 0.25) is 0 Å². The Labute approximate surface area is 74.8 Å². The fraction of sp³-hybridized carbons (Fsp3) is 0.545. The summed E-state index contributed by atoms with van der Waals surface area (Å²) in [6.07, 6.45) is 7.53. The molecule has 1 heteroatoms. The molecule has 66 valence electrons. The van der Waals surface area contributed by atoms with Crippen molar-refractivity contribution in [2.45, 2.75) is 33.1 Å². The first kappa shape index (κ1) is 9.24. The zero-order valence-corrected chi connectivity index (χ0v) is 7.96. The van der Waals surface area contributed by atoms with Crippen molar-refractivity contribution < 1.29 is 0 Å². The lowest BCUT2D eigenvalue weighted by atomic mass is 9.98. The van der Waals surface area contributed by atoms with E-state index in [9.17, 15) is 0 Å². The number of pyridine rings is 1. The predicted octanol–water partition coefficient (Wildman–Crippen LogP) is 3.06. The summed E-state index contributed by atoms with van der Waals surface area (Å²) in [5, 5.41) is 0. The second-order valence-corrected chi connectivity index (χ2v) is 3.45. The van der Waals surface area contributed by atoms with Crippen LogP contribution in [0.3, 0.4) is 0 Å². The zero-order valence-electron chi connectivity index (χ0n) is 7.96. The van der Waals surface area contributed by atoms with Crippen molar-refractivity contribution in [1.29, 1.82) is 0 Å². The van der Waals surface area contributed by atoms with E-state index < -0.39 is 0 Å². The van der Waals surface area contributed by atoms with Gasteiger partial charge in [-0.25, -0.2) is 0 Å². The average Bonchev–Trinajstić information content (AvgIpc) is 2.06. The standard InChI is InChI=1S/C11H17N/c1-3-4-10(2)9-11-5-7-12-8-6-11/h5-8,10H,3-4,9H2,1-2H3. The first-order valence-corrected chi connectivity index (χ1v) is 4.71. The van der Waals surface area contributed by atoms with Crippen LogP contribution >= 0.6 is 0 Å². The van der Waals surface area contributed by atoms with Gasteiger partial charge < -0.3 is 0 Å². The molecule has 0 fully saturated rings. The van der Waals surface area contributed by atoms with Gasteiger partial charge in [0.25, 0.3) is 0 Å². The summed E-state index contributed by atoms with van der Waals surface area (Å²) in [4.78, 5) is 4.00. The third-order valence-electron chi connectivity index (χ3n) is 2.11. The third-order valence-corrected chi connectivity index (χ3v) is 2.11. The molecule has 1 nitrogen and oxygen atoms in total. The fourth-order valence-corrected chi connectivity index (χ4v) is 1.52. The minimum absolute atomic E-state index is 0.803. The minimum atomic E-state index is 0.803. The van der Waals surface area contributed by atoms with Gasteiger partial charge >= 0.3 is 0 Å². The Morgan fingerprint density at radius 2 is 2.00 bits per heavy atom. The molecule has 0 amide bonds. The zero-order chi connectivity index (χ0) is 8.81. The van der Waals surface area contributed by atoms with Crippen molar-refractivity contribution in [3.63, 3.8) is 0 Å². The van der Waals surface area contributed by atoms with Gasteiger partial charge in [-0.1, -0.05) is 26.7 Å². The normalized spacial score (nSPS) is 12.8. The first-order valence-electron chi connectivity index (χ1n) is 4.71. The maximum Gasteiger partial charge on any atom is 0.0270 e. The summed E-state index contributed by atoms with van der Waals surface area (Å²) in [6.45, 7) is 4.55. The third kappa shape index (κ3) is 3.04. The summed E-state index contributed by atoms with van der Waals surface area (Å²) >= 11 is 0. The molecular weight excluding hydrogens is 146 g/mol. The number of aromatic nitrogens is 1. The summed E-state index contributed by atoms with van der Waals surface area (Å²) in [6, 6.07) is 4.21. The highest BCUT2D eigenvalue weighted by Gasteiger charge is 2.01. The van der Waals surface area contributed by atoms with Gasteiger partial charge in [-0.3, -0.25) is 4.98 Å². The van der Waals surface area contributed by atoms with Crippen LogP contribution in [0.25, 0.3) is 0 Å². The largest absolute Gasteiger partial charge is 0.265 e. The fourth-order valence-electron chi connectivity index (χ4n) is 1.52. The molecule has 0 spiro atoms. The van der Waals surface area contributed by atoms with Crippen molar-refractivity contribution in [1.82, 2.24) is 4.98 Å². The molecule has 1 aromatic rings. The van der Waals surface area contributed by atoms with E-state index in [4.69, 9.17) is 0 Å². The summed E-state index contributed by atoms with van der Waals surface area (Å²) in [5.74, 6) is 0.803. The molecule has 0 N–H and O–H groups in total. The maximum absolute atomic E-state index is 4.00. The van der Waals surface area contributed by atoms with E-state index >= 15 is 0 Å². The van der Waals surface area contributed by atoms with Crippen LogP contribution in [0.4, 0.5) is 0 Å². The first-order chi connectivity index (χ1) is 5.83. The topological polar surface area (TPSA) is 12.9 Å². The molecule has 1 atom stereocenters. The highest BCUT2D eigenvalue weighted by molar-refractivity contribution is 5.10. The second kappa shape index (κ2) is 4.91. The van der Waals surface area contributed by atoms with Crippen LogP contribution in [0.5, 0.6) is 0 Å². The molecule has 0 aliphatic carbocycles. The van der Waals surface area contributed by atoms with Gasteiger partial charge in [0.05, 0.1) is 0 Å². The Bertz CT molecular complexity index is 206. The molecule has 1 rings (SSSR count). The van der Waals surface area contributed by atoms with E-state index in [0.717, 1.165) is 5.92 Å². The van der Waals surface area contributed by atoms with Crippen molar-refractivity contribution in [3.8, 4) is 0 Å². The lowest BCUT2D eigenvalue weighted by Crippen LogP contribution is -1.98. The Kier molecular flexibility index (Phi) is 3.78. The molecule has 12 heavy (non-hydrogen) atoms. The lowest BCUT2D eigenvalue weighted by Gasteiger charge is -2.08. The van der Waals surface area contributed by atoms with Gasteiger partial charge in [0.15, 0.2) is 0 Å². The predicted molar refractivity (Wildman–Crippen MR) is 52.0 cm³/mol. The van der Waals surface area contributed by atoms with Crippen LogP contribution in [0.15, 0.2) is 24.5 Å². The van der Waals surface area contributed by atoms with E-state index in [-0.39, 0.29) is 0 Å². The quantitative estimate of drug-likeness (QED) is 0.664. The smallest absolute Gasteiger partial charge is 0.0270 e. The van der Waals surface area contributed by atoms with Crippen molar-refractivity contribution in [2.24, 2.45) is 5.92 Å². The van der Waals surface area contributed by atoms with Crippen LogP contribution in [0, 0.1) is 5.92 Å². The van der Waals surface area contributed by atoms with Crippen molar-refractivity contribution in [2.75, 3.05) is 0 Å². The maximum atomic E-state index is 4.00. The summed E-state index contributed by atoms with van der Waals surface area (Å²) < 4.78 is 0. The van der Waals surface area contributed by atoms with Crippen LogP contribution < -0.4 is 0 Å². The number of rotatable bonds is 4. The molecule has 0 radical (unpaired) electrons. The van der Waals surface area contributed by atoms with Gasteiger partial charge in [-0.2, -0.15) is 0 Å². The molecule has 0 saturated heterocycles. The van der Waals surface area contributed by atoms with Gasteiger partial charge in [0.1, 0.15) is 0 Å². The average molecular weight is 163 g/mol. The van der Waals surface area contributed by atoms with Gasteiger partial charge in [-0.05, 0) is 30.0 Å². The van der Waals surface area contributed by atoms with E-state index in [1.807, 2.05) is 12.4 Å². The van der Waals surface area contributed by atoms with E-state index in [2.05, 4.69) is 31.0 Å². The molecule has 0 aliphatic heterocycles. The highest BCUT2D eigenvalue weighted by atomic mass is 14.6. The van der Waals surface area contributed by atoms with Crippen molar-refractivity contribution >= 4 is 0 Å². The van der Waals surface area contributed by atoms with E-state index in [1.165, 1.54) is 24.8 Å². The van der Waals surface area contributed by atoms with Crippen LogP contribution in [-0.4, -0.2) is 4.98 Å². The highest BCUT2D eigenvalue weighted by Crippen LogP contribution is 2.12. The van der Waals surface area contributed by atoms with E-state index in [0.29, 0.717) is 0 Å². The molecule has 1 heterocycles. The number of hydrogen-bond acceptors (Lipinski definition) is 1. The van der Waals surface area contributed by atoms with Gasteiger partial charge in [0, 0.05) is 12.4 Å². The second-order valence-electron chi connectivity index (χ2n) is 3.45. The summed E-state index contributed by atoms with van der Waals surface area (Å²) in [5.41, 5.74) is 1.41. The molecule has 0 bridgehead atoms. The summed E-state index contributed by atoms with van der Waals surface area (Å²) in [7, 11) is 0. The minimum Gasteiger partial charge on any atom is -0.265 e. The molecule has 0 aliphatic rings. The number of hydrogen-bond donors (Lipinski definition) is 0. The Hall–Kier alpha value is -0.850. The Morgan fingerprint density at radius 1 is 1.33 bits per heavy atom. The Balaban J connectivity index is 2.41. The Morgan fingerprint density at radius 3 is 2.58 bits per heavy atom. The van der Waals surface area contributed by atoms with Crippen LogP contribution in [0.1, 0.15) is 32.3 Å². The monoisotopic (exact) mass is 163 g/mol. The van der Waals surface area contributed by atoms with Crippen molar-refractivity contribution in [3.05, 3.63) is 30.1 Å². The molecular formula is C11H17N. The molecule has 0 saturated carbocycles. The van der Waals surface area contributed by atoms with E-state index in [1.54, 1.807) is 0 Å². The SMILES string of the molecule is CCCC(C)Cc1ccncc1. The molecule has 1 unspecified atom stereocenters. The number of nitrogens with zero attached hydrogens (tertiary/aromatic N) is 1. The lowest BCUT2D eigenvalue weighted by molar-refractivity contribution is 0.522. The molecule has 1 aromatic heterocycles. The van der Waals surface area contributed by atoms with Gasteiger partial charge in [0.2, 0.25) is 0 Å². The molecule has 0 aromatic carbocycles.